The van der Waals surface area contributed by atoms with E-state index in [1.54, 1.807) is 18.2 Å². The average molecular weight is 391 g/mol. The van der Waals surface area contributed by atoms with Gasteiger partial charge in [0.05, 0.1) is 19.1 Å². The van der Waals surface area contributed by atoms with E-state index >= 15 is 0 Å². The largest absolute Gasteiger partial charge is 0.495 e. The fourth-order valence-corrected chi connectivity index (χ4v) is 3.28. The molecule has 9 heteroatoms. The number of amides is 2. The first-order valence-electron chi connectivity index (χ1n) is 7.94. The van der Waals surface area contributed by atoms with Crippen molar-refractivity contribution in [1.29, 1.82) is 0 Å². The summed E-state index contributed by atoms with van der Waals surface area (Å²) in [6.07, 6.45) is 1.02. The minimum atomic E-state index is -3.74. The molecule has 0 radical (unpaired) electrons. The molecule has 2 aromatic rings. The Hall–Kier alpha value is -3.07. The number of carbonyl (C=O) groups excluding carboxylic acids is 2. The lowest BCUT2D eigenvalue weighted by Crippen LogP contribution is -2.37. The highest BCUT2D eigenvalue weighted by Gasteiger charge is 2.24. The fourth-order valence-electron chi connectivity index (χ4n) is 2.42. The quantitative estimate of drug-likeness (QED) is 0.741. The van der Waals surface area contributed by atoms with Gasteiger partial charge in [-0.05, 0) is 48.9 Å². The summed E-state index contributed by atoms with van der Waals surface area (Å²) >= 11 is 0. The van der Waals surface area contributed by atoms with Crippen molar-refractivity contribution >= 4 is 33.2 Å². The van der Waals surface area contributed by atoms with E-state index in [0.29, 0.717) is 17.0 Å². The minimum absolute atomic E-state index is 0.277. The number of aryl methyl sites for hydroxylation is 1. The van der Waals surface area contributed by atoms with Gasteiger partial charge in [0.1, 0.15) is 12.3 Å². The molecule has 27 heavy (non-hydrogen) atoms. The van der Waals surface area contributed by atoms with E-state index in [2.05, 4.69) is 5.32 Å². The minimum Gasteiger partial charge on any atom is -0.495 e. The third kappa shape index (κ3) is 5.20. The Bertz CT molecular complexity index is 955. The molecule has 0 saturated carbocycles. The zero-order valence-electron chi connectivity index (χ0n) is 15.2. The maximum absolute atomic E-state index is 12.4. The Morgan fingerprint density at radius 2 is 1.78 bits per heavy atom. The van der Waals surface area contributed by atoms with Crippen LogP contribution in [-0.4, -0.2) is 40.1 Å². The number of sulfonamides is 1. The molecule has 0 aliphatic rings. The van der Waals surface area contributed by atoms with Crippen LogP contribution in [0.1, 0.15) is 15.9 Å². The molecule has 144 valence electrons. The van der Waals surface area contributed by atoms with Crippen molar-refractivity contribution in [2.45, 2.75) is 6.92 Å². The third-order valence-electron chi connectivity index (χ3n) is 3.74. The van der Waals surface area contributed by atoms with Crippen molar-refractivity contribution in [3.05, 3.63) is 53.6 Å². The summed E-state index contributed by atoms with van der Waals surface area (Å²) < 4.78 is 30.7. The number of primary amides is 1. The summed E-state index contributed by atoms with van der Waals surface area (Å²) in [5, 5.41) is 2.59. The SMILES string of the molecule is COc1ccc(C)cc1N(CC(=O)Nc1ccc(C(N)=O)cc1)S(C)(=O)=O. The smallest absolute Gasteiger partial charge is 0.248 e. The number of carbonyl (C=O) groups is 2. The van der Waals surface area contributed by atoms with Crippen LogP contribution in [0.2, 0.25) is 0 Å². The number of methoxy groups -OCH3 is 1. The molecule has 0 bridgehead atoms. The predicted molar refractivity (Wildman–Crippen MR) is 104 cm³/mol. The molecule has 0 aromatic heterocycles. The Kier molecular flexibility index (Phi) is 6.06. The lowest BCUT2D eigenvalue weighted by atomic mass is 10.2. The topological polar surface area (TPSA) is 119 Å². The van der Waals surface area contributed by atoms with Crippen LogP contribution in [0.15, 0.2) is 42.5 Å². The van der Waals surface area contributed by atoms with Gasteiger partial charge in [-0.2, -0.15) is 0 Å². The van der Waals surface area contributed by atoms with Gasteiger partial charge in [-0.15, -0.1) is 0 Å². The number of hydrogen-bond donors (Lipinski definition) is 2. The monoisotopic (exact) mass is 391 g/mol. The molecule has 0 heterocycles. The lowest BCUT2D eigenvalue weighted by Gasteiger charge is -2.24. The molecule has 0 spiro atoms. The first kappa shape index (κ1) is 20.2. The van der Waals surface area contributed by atoms with Crippen LogP contribution in [0.25, 0.3) is 0 Å². The molecular weight excluding hydrogens is 370 g/mol. The summed E-state index contributed by atoms with van der Waals surface area (Å²) in [7, 11) is -2.32. The molecule has 8 nitrogen and oxygen atoms in total. The van der Waals surface area contributed by atoms with E-state index in [1.807, 2.05) is 6.92 Å². The summed E-state index contributed by atoms with van der Waals surface area (Å²) in [6.45, 7) is 1.37. The van der Waals surface area contributed by atoms with Crippen LogP contribution in [0, 0.1) is 6.92 Å². The van der Waals surface area contributed by atoms with Gasteiger partial charge in [0.25, 0.3) is 0 Å². The van der Waals surface area contributed by atoms with E-state index in [1.165, 1.54) is 31.4 Å². The zero-order chi connectivity index (χ0) is 20.2. The average Bonchev–Trinajstić information content (AvgIpc) is 2.59. The third-order valence-corrected chi connectivity index (χ3v) is 4.87. The van der Waals surface area contributed by atoms with E-state index in [-0.39, 0.29) is 5.69 Å². The molecular formula is C18H21N3O5S. The number of benzene rings is 2. The van der Waals surface area contributed by atoms with Gasteiger partial charge >= 0.3 is 0 Å². The van der Waals surface area contributed by atoms with Crippen LogP contribution in [0.5, 0.6) is 5.75 Å². The predicted octanol–water partition coefficient (Wildman–Crippen LogP) is 1.51. The summed E-state index contributed by atoms with van der Waals surface area (Å²) in [5.74, 6) is -0.789. The molecule has 3 N–H and O–H groups in total. The summed E-state index contributed by atoms with van der Waals surface area (Å²) in [5.41, 5.74) is 6.98. The van der Waals surface area contributed by atoms with Gasteiger partial charge in [0.15, 0.2) is 0 Å². The van der Waals surface area contributed by atoms with Gasteiger partial charge in [-0.25, -0.2) is 8.42 Å². The molecule has 0 aliphatic heterocycles. The van der Waals surface area contributed by atoms with Gasteiger partial charge in [0.2, 0.25) is 21.8 Å². The number of nitrogens with zero attached hydrogens (tertiary/aromatic N) is 1. The molecule has 2 amide bonds. The first-order valence-corrected chi connectivity index (χ1v) is 9.78. The second-order valence-corrected chi connectivity index (χ2v) is 7.84. The standard InChI is InChI=1S/C18H21N3O5S/c1-12-4-9-16(26-2)15(10-12)21(27(3,24)25)11-17(22)20-14-7-5-13(6-8-14)18(19)23/h4-10H,11H2,1-3H3,(H2,19,23)(H,20,22). The number of nitrogens with one attached hydrogen (secondary N) is 1. The van der Waals surface area contributed by atoms with Gasteiger partial charge in [-0.3, -0.25) is 13.9 Å². The molecule has 2 rings (SSSR count). The highest BCUT2D eigenvalue weighted by Crippen LogP contribution is 2.30. The molecule has 0 atom stereocenters. The van der Waals surface area contributed by atoms with Gasteiger partial charge in [0, 0.05) is 11.3 Å². The molecule has 2 aromatic carbocycles. The molecule has 0 saturated heterocycles. The number of hydrogen-bond acceptors (Lipinski definition) is 5. The van der Waals surface area contributed by atoms with Gasteiger partial charge in [-0.1, -0.05) is 6.07 Å². The van der Waals surface area contributed by atoms with E-state index < -0.39 is 28.4 Å². The fraction of sp³-hybridized carbons (Fsp3) is 0.222. The van der Waals surface area contributed by atoms with Crippen molar-refractivity contribution < 1.29 is 22.7 Å². The number of anilines is 2. The summed E-state index contributed by atoms with van der Waals surface area (Å²) in [4.78, 5) is 23.5. The maximum atomic E-state index is 12.4. The van der Waals surface area contributed by atoms with Crippen LogP contribution in [0.3, 0.4) is 0 Å². The summed E-state index contributed by atoms with van der Waals surface area (Å²) in [6, 6.07) is 11.0. The van der Waals surface area contributed by atoms with E-state index in [4.69, 9.17) is 10.5 Å². The molecule has 0 fully saturated rings. The van der Waals surface area contributed by atoms with Crippen LogP contribution < -0.4 is 20.1 Å². The first-order chi connectivity index (χ1) is 12.6. The van der Waals surface area contributed by atoms with Crippen molar-refractivity contribution in [2.24, 2.45) is 5.73 Å². The van der Waals surface area contributed by atoms with Crippen LogP contribution in [-0.2, 0) is 14.8 Å². The zero-order valence-corrected chi connectivity index (χ0v) is 16.0. The number of ether oxygens (including phenoxy) is 1. The highest BCUT2D eigenvalue weighted by molar-refractivity contribution is 7.92. The maximum Gasteiger partial charge on any atom is 0.248 e. The normalized spacial score (nSPS) is 10.9. The van der Waals surface area contributed by atoms with Gasteiger partial charge < -0.3 is 15.8 Å². The van der Waals surface area contributed by atoms with E-state index in [9.17, 15) is 18.0 Å². The van der Waals surface area contributed by atoms with Crippen LogP contribution >= 0.6 is 0 Å². The Morgan fingerprint density at radius 1 is 1.15 bits per heavy atom. The Balaban J connectivity index is 2.25. The second-order valence-electron chi connectivity index (χ2n) is 5.93. The second kappa shape index (κ2) is 8.09. The number of nitrogens with two attached hydrogens (primary N) is 1. The highest BCUT2D eigenvalue weighted by atomic mass is 32.2. The van der Waals surface area contributed by atoms with Crippen molar-refractivity contribution in [3.63, 3.8) is 0 Å². The van der Waals surface area contributed by atoms with Crippen molar-refractivity contribution in [2.75, 3.05) is 29.5 Å². The lowest BCUT2D eigenvalue weighted by molar-refractivity contribution is -0.114. The van der Waals surface area contributed by atoms with Crippen molar-refractivity contribution in [1.82, 2.24) is 0 Å². The van der Waals surface area contributed by atoms with E-state index in [0.717, 1.165) is 16.1 Å². The Labute approximate surface area is 158 Å². The number of rotatable bonds is 7. The molecule has 0 aliphatic carbocycles. The molecule has 0 unspecified atom stereocenters. The Morgan fingerprint density at radius 3 is 2.30 bits per heavy atom. The van der Waals surface area contributed by atoms with Crippen molar-refractivity contribution in [3.8, 4) is 5.75 Å². The van der Waals surface area contributed by atoms with Crippen LogP contribution in [0.4, 0.5) is 11.4 Å².